The van der Waals surface area contributed by atoms with E-state index in [1.807, 2.05) is 0 Å². The van der Waals surface area contributed by atoms with E-state index in [1.54, 1.807) is 0 Å². The van der Waals surface area contributed by atoms with Gasteiger partial charge in [0.2, 0.25) is 5.91 Å². The summed E-state index contributed by atoms with van der Waals surface area (Å²) in [5.41, 5.74) is 0.369. The smallest absolute Gasteiger partial charge is 0.257 e. The fraction of sp³-hybridized carbons (Fsp3) is 0.190. The number of aliphatic hydroxyl groups is 1. The minimum absolute atomic E-state index is 0.0318. The maximum Gasteiger partial charge on any atom is 0.257 e. The Bertz CT molecular complexity index is 1270. The highest BCUT2D eigenvalue weighted by atomic mass is 19.1. The predicted octanol–water partition coefficient (Wildman–Crippen LogP) is 0.716. The van der Waals surface area contributed by atoms with Crippen LogP contribution in [-0.2, 0) is 17.9 Å². The molecule has 33 heavy (non-hydrogen) atoms. The van der Waals surface area contributed by atoms with Crippen molar-refractivity contribution in [1.29, 1.82) is 0 Å². The Labute approximate surface area is 186 Å². The maximum absolute atomic E-state index is 14.3. The highest BCUT2D eigenvalue weighted by Gasteiger charge is 2.28. The number of terminal acetylenes is 1. The Kier molecular flexibility index (Phi) is 5.97. The van der Waals surface area contributed by atoms with E-state index >= 15 is 0 Å². The third kappa shape index (κ3) is 4.48. The first-order chi connectivity index (χ1) is 15.9. The van der Waals surface area contributed by atoms with Crippen molar-refractivity contribution in [2.24, 2.45) is 0 Å². The number of aliphatic hydroxyl groups excluding tert-OH is 1. The third-order valence-corrected chi connectivity index (χ3v) is 4.73. The summed E-state index contributed by atoms with van der Waals surface area (Å²) in [5, 5.41) is 21.1. The van der Waals surface area contributed by atoms with E-state index < -0.39 is 41.7 Å². The summed E-state index contributed by atoms with van der Waals surface area (Å²) < 4.78 is 29.9. The molecule has 3 aromatic rings. The van der Waals surface area contributed by atoms with Gasteiger partial charge in [-0.05, 0) is 12.1 Å². The minimum atomic E-state index is -0.842. The number of hydrogen-bond acceptors (Lipinski definition) is 7. The van der Waals surface area contributed by atoms with E-state index in [0.717, 1.165) is 12.1 Å². The van der Waals surface area contributed by atoms with Crippen LogP contribution in [0.4, 0.5) is 20.3 Å². The van der Waals surface area contributed by atoms with Crippen molar-refractivity contribution >= 4 is 23.3 Å². The summed E-state index contributed by atoms with van der Waals surface area (Å²) in [5.74, 6) is -0.556. The van der Waals surface area contributed by atoms with Gasteiger partial charge in [0, 0.05) is 6.20 Å². The SMILES string of the molecule is C#C[C@H](CO)NC(=O)Cn1cc(Nc2nc(-c3c(F)cccc3F)nc3c2C(=O)NC3)cn1. The average Bonchev–Trinajstić information content (AvgIpc) is 3.38. The lowest BCUT2D eigenvalue weighted by Crippen LogP contribution is -2.38. The number of carbonyl (C=O) groups excluding carboxylic acids is 2. The Balaban J connectivity index is 1.61. The molecule has 2 aromatic heterocycles. The van der Waals surface area contributed by atoms with Gasteiger partial charge in [-0.2, -0.15) is 5.10 Å². The standard InChI is InChI=1S/C21H17F2N7O3/c1-2-11(10-31)26-16(32)9-30-8-12(6-25-30)27-20-18-15(7-24-21(18)33)28-19(29-20)17-13(22)4-3-5-14(17)23/h1,3-6,8,11,31H,7,9-10H2,(H,24,33)(H,26,32)(H,27,28,29)/t11-/m1/s1. The first-order valence-electron chi connectivity index (χ1n) is 9.69. The second kappa shape index (κ2) is 9.01. The van der Waals surface area contributed by atoms with E-state index in [-0.39, 0.29) is 36.0 Å². The van der Waals surface area contributed by atoms with Gasteiger partial charge in [-0.3, -0.25) is 14.3 Å². The lowest BCUT2D eigenvalue weighted by Gasteiger charge is -2.11. The van der Waals surface area contributed by atoms with E-state index in [0.29, 0.717) is 5.69 Å². The molecule has 1 aliphatic heterocycles. The zero-order valence-electron chi connectivity index (χ0n) is 17.0. The van der Waals surface area contributed by atoms with E-state index in [2.05, 4.69) is 36.9 Å². The Morgan fingerprint density at radius 2 is 2.06 bits per heavy atom. The lowest BCUT2D eigenvalue weighted by molar-refractivity contribution is -0.122. The van der Waals surface area contributed by atoms with E-state index in [9.17, 15) is 18.4 Å². The van der Waals surface area contributed by atoms with Crippen molar-refractivity contribution < 1.29 is 23.5 Å². The van der Waals surface area contributed by atoms with E-state index in [1.165, 1.54) is 23.1 Å². The molecule has 4 N–H and O–H groups in total. The van der Waals surface area contributed by atoms with Gasteiger partial charge in [0.15, 0.2) is 5.82 Å². The molecule has 12 heteroatoms. The van der Waals surface area contributed by atoms with Gasteiger partial charge in [0.25, 0.3) is 5.91 Å². The van der Waals surface area contributed by atoms with Crippen molar-refractivity contribution in [3.63, 3.8) is 0 Å². The van der Waals surface area contributed by atoms with Gasteiger partial charge in [-0.15, -0.1) is 6.42 Å². The van der Waals surface area contributed by atoms with Gasteiger partial charge < -0.3 is 21.1 Å². The van der Waals surface area contributed by atoms with Gasteiger partial charge in [0.1, 0.15) is 35.6 Å². The van der Waals surface area contributed by atoms with Crippen molar-refractivity contribution in [1.82, 2.24) is 30.4 Å². The molecule has 0 saturated carbocycles. The van der Waals surface area contributed by atoms with Crippen LogP contribution in [0.2, 0.25) is 0 Å². The quantitative estimate of drug-likeness (QED) is 0.387. The number of benzene rings is 1. The molecule has 10 nitrogen and oxygen atoms in total. The molecule has 1 aliphatic rings. The van der Waals surface area contributed by atoms with Crippen LogP contribution in [0, 0.1) is 24.0 Å². The summed E-state index contributed by atoms with van der Waals surface area (Å²) in [4.78, 5) is 32.7. The Morgan fingerprint density at radius 1 is 1.30 bits per heavy atom. The number of rotatable bonds is 7. The van der Waals surface area contributed by atoms with Crippen LogP contribution in [0.5, 0.6) is 0 Å². The number of nitrogens with zero attached hydrogens (tertiary/aromatic N) is 4. The number of anilines is 2. The molecular formula is C21H17F2N7O3. The average molecular weight is 453 g/mol. The highest BCUT2D eigenvalue weighted by molar-refractivity contribution is 6.03. The Hall–Kier alpha value is -4.37. The summed E-state index contributed by atoms with van der Waals surface area (Å²) in [6.45, 7) is -0.511. The molecule has 3 heterocycles. The summed E-state index contributed by atoms with van der Waals surface area (Å²) in [6.07, 6.45) is 8.04. The maximum atomic E-state index is 14.3. The van der Waals surface area contributed by atoms with Gasteiger partial charge in [0.05, 0.1) is 36.3 Å². The number of nitrogens with one attached hydrogen (secondary N) is 3. The predicted molar refractivity (Wildman–Crippen MR) is 112 cm³/mol. The van der Waals surface area contributed by atoms with Gasteiger partial charge >= 0.3 is 0 Å². The molecule has 168 valence electrons. The van der Waals surface area contributed by atoms with Crippen LogP contribution in [-0.4, -0.2) is 49.3 Å². The van der Waals surface area contributed by atoms with Crippen molar-refractivity contribution in [3.8, 4) is 23.7 Å². The molecule has 0 fully saturated rings. The normalized spacial score (nSPS) is 13.1. The van der Waals surface area contributed by atoms with Crippen LogP contribution >= 0.6 is 0 Å². The first-order valence-corrected chi connectivity index (χ1v) is 9.69. The molecule has 4 rings (SSSR count). The molecule has 1 atom stereocenters. The van der Waals surface area contributed by atoms with Crippen LogP contribution in [0.1, 0.15) is 16.1 Å². The molecule has 0 unspecified atom stereocenters. The molecular weight excluding hydrogens is 436 g/mol. The lowest BCUT2D eigenvalue weighted by atomic mass is 10.1. The van der Waals surface area contributed by atoms with Crippen molar-refractivity contribution in [2.45, 2.75) is 19.1 Å². The largest absolute Gasteiger partial charge is 0.393 e. The molecule has 0 spiro atoms. The number of carbonyl (C=O) groups is 2. The van der Waals surface area contributed by atoms with Gasteiger partial charge in [-0.25, -0.2) is 18.7 Å². The monoisotopic (exact) mass is 453 g/mol. The van der Waals surface area contributed by atoms with Crippen molar-refractivity contribution in [3.05, 3.63) is 53.5 Å². The zero-order valence-corrected chi connectivity index (χ0v) is 17.0. The zero-order chi connectivity index (χ0) is 23.5. The fourth-order valence-corrected chi connectivity index (χ4v) is 3.22. The van der Waals surface area contributed by atoms with Crippen molar-refractivity contribution in [2.75, 3.05) is 11.9 Å². The second-order valence-electron chi connectivity index (χ2n) is 7.02. The first kappa shape index (κ1) is 21.8. The number of aromatic nitrogens is 4. The van der Waals surface area contributed by atoms with Gasteiger partial charge in [-0.1, -0.05) is 12.0 Å². The molecule has 0 aliphatic carbocycles. The molecule has 0 bridgehead atoms. The number of fused-ring (bicyclic) bond motifs is 1. The Morgan fingerprint density at radius 3 is 2.76 bits per heavy atom. The summed E-state index contributed by atoms with van der Waals surface area (Å²) >= 11 is 0. The molecule has 0 saturated heterocycles. The second-order valence-corrected chi connectivity index (χ2v) is 7.02. The molecule has 1 aromatic carbocycles. The summed E-state index contributed by atoms with van der Waals surface area (Å²) in [6, 6.07) is 2.58. The molecule has 2 amide bonds. The van der Waals surface area contributed by atoms with Crippen LogP contribution in [0.3, 0.4) is 0 Å². The molecule has 0 radical (unpaired) electrons. The fourth-order valence-electron chi connectivity index (χ4n) is 3.22. The number of halogens is 2. The number of hydrogen-bond donors (Lipinski definition) is 4. The minimum Gasteiger partial charge on any atom is -0.393 e. The van der Waals surface area contributed by atoms with E-state index in [4.69, 9.17) is 11.5 Å². The summed E-state index contributed by atoms with van der Waals surface area (Å²) in [7, 11) is 0. The number of amides is 2. The van der Waals surface area contributed by atoms with Crippen LogP contribution in [0.15, 0.2) is 30.6 Å². The topological polar surface area (TPSA) is 134 Å². The highest BCUT2D eigenvalue weighted by Crippen LogP contribution is 2.30. The third-order valence-electron chi connectivity index (χ3n) is 4.73. The van der Waals surface area contributed by atoms with Crippen LogP contribution < -0.4 is 16.0 Å². The van der Waals surface area contributed by atoms with Crippen LogP contribution in [0.25, 0.3) is 11.4 Å².